The van der Waals surface area contributed by atoms with Crippen molar-refractivity contribution in [2.75, 3.05) is 7.11 Å². The third kappa shape index (κ3) is 1.31. The van der Waals surface area contributed by atoms with Gasteiger partial charge in [-0.1, -0.05) is 6.07 Å². The molecule has 76 valence electrons. The lowest BCUT2D eigenvalue weighted by molar-refractivity contribution is 0.275. The van der Waals surface area contributed by atoms with Crippen LogP contribution >= 0.6 is 7.82 Å². The maximum Gasteiger partial charge on any atom is 0.587 e. The van der Waals surface area contributed by atoms with E-state index in [1.54, 1.807) is 6.07 Å². The van der Waals surface area contributed by atoms with E-state index in [1.165, 1.54) is 7.11 Å². The van der Waals surface area contributed by atoms with Crippen LogP contribution in [0.25, 0.3) is 0 Å². The number of phosphoric acid groups is 1. The summed E-state index contributed by atoms with van der Waals surface area (Å²) in [7, 11) is -2.08. The number of fused-ring (bicyclic) bond motifs is 1. The van der Waals surface area contributed by atoms with Crippen molar-refractivity contribution >= 4 is 7.82 Å². The Morgan fingerprint density at radius 3 is 2.64 bits per heavy atom. The summed E-state index contributed by atoms with van der Waals surface area (Å²) in [5, 5.41) is 0. The molecular formula is C9H11O4P. The summed E-state index contributed by atoms with van der Waals surface area (Å²) >= 11 is 0. The van der Waals surface area contributed by atoms with Gasteiger partial charge in [0.15, 0.2) is 11.5 Å². The van der Waals surface area contributed by atoms with Gasteiger partial charge in [0.05, 0.1) is 0 Å². The summed E-state index contributed by atoms with van der Waals surface area (Å²) in [6.45, 7) is 3.85. The van der Waals surface area contributed by atoms with Gasteiger partial charge >= 0.3 is 7.82 Å². The molecular weight excluding hydrogens is 203 g/mol. The molecule has 1 unspecified atom stereocenters. The molecule has 0 aliphatic carbocycles. The van der Waals surface area contributed by atoms with Crippen molar-refractivity contribution in [1.29, 1.82) is 0 Å². The predicted molar refractivity (Wildman–Crippen MR) is 51.8 cm³/mol. The van der Waals surface area contributed by atoms with Crippen molar-refractivity contribution in [3.8, 4) is 11.5 Å². The highest BCUT2D eigenvalue weighted by atomic mass is 31.2. The van der Waals surface area contributed by atoms with Crippen molar-refractivity contribution in [1.82, 2.24) is 0 Å². The van der Waals surface area contributed by atoms with E-state index in [9.17, 15) is 4.57 Å². The lowest BCUT2D eigenvalue weighted by Crippen LogP contribution is -1.93. The van der Waals surface area contributed by atoms with Gasteiger partial charge < -0.3 is 9.05 Å². The fraction of sp³-hybridized carbons (Fsp3) is 0.333. The van der Waals surface area contributed by atoms with E-state index < -0.39 is 7.82 Å². The van der Waals surface area contributed by atoms with Crippen molar-refractivity contribution in [2.45, 2.75) is 13.8 Å². The minimum Gasteiger partial charge on any atom is -0.391 e. The van der Waals surface area contributed by atoms with Gasteiger partial charge in [-0.2, -0.15) is 0 Å². The summed E-state index contributed by atoms with van der Waals surface area (Å²) < 4.78 is 26.6. The molecule has 0 saturated carbocycles. The highest BCUT2D eigenvalue weighted by Crippen LogP contribution is 2.59. The maximum absolute atomic E-state index is 11.6. The third-order valence-electron chi connectivity index (χ3n) is 2.28. The zero-order valence-electron chi connectivity index (χ0n) is 8.23. The molecule has 14 heavy (non-hydrogen) atoms. The Bertz CT molecular complexity index is 427. The van der Waals surface area contributed by atoms with Crippen LogP contribution in [-0.4, -0.2) is 7.11 Å². The molecule has 1 aromatic carbocycles. The fourth-order valence-electron chi connectivity index (χ4n) is 1.28. The number of hydrogen-bond donors (Lipinski definition) is 0. The van der Waals surface area contributed by atoms with Crippen LogP contribution in [0.1, 0.15) is 11.1 Å². The van der Waals surface area contributed by atoms with Gasteiger partial charge in [-0.15, -0.1) is 0 Å². The van der Waals surface area contributed by atoms with Crippen molar-refractivity contribution < 1.29 is 18.1 Å². The smallest absolute Gasteiger partial charge is 0.391 e. The summed E-state index contributed by atoms with van der Waals surface area (Å²) in [5.41, 5.74) is 1.99. The predicted octanol–water partition coefficient (Wildman–Crippen LogP) is 2.83. The molecule has 0 aromatic heterocycles. The molecule has 4 nitrogen and oxygen atoms in total. The van der Waals surface area contributed by atoms with Gasteiger partial charge in [-0.25, -0.2) is 4.57 Å². The molecule has 0 spiro atoms. The van der Waals surface area contributed by atoms with Gasteiger partial charge in [0.1, 0.15) is 0 Å². The van der Waals surface area contributed by atoms with E-state index in [0.29, 0.717) is 11.5 Å². The zero-order valence-corrected chi connectivity index (χ0v) is 9.13. The molecule has 0 bridgehead atoms. The number of benzene rings is 1. The van der Waals surface area contributed by atoms with Crippen molar-refractivity contribution in [2.24, 2.45) is 0 Å². The van der Waals surface area contributed by atoms with Gasteiger partial charge in [-0.05, 0) is 31.0 Å². The van der Waals surface area contributed by atoms with E-state index in [0.717, 1.165) is 11.1 Å². The number of phosphoric ester groups is 1. The second-order valence-corrected chi connectivity index (χ2v) is 4.77. The Morgan fingerprint density at radius 2 is 2.00 bits per heavy atom. The molecule has 1 aliphatic rings. The van der Waals surface area contributed by atoms with E-state index in [2.05, 4.69) is 4.52 Å². The highest BCUT2D eigenvalue weighted by molar-refractivity contribution is 7.49. The molecule has 1 heterocycles. The number of rotatable bonds is 1. The molecule has 0 saturated heterocycles. The van der Waals surface area contributed by atoms with E-state index in [1.807, 2.05) is 19.9 Å². The first-order valence-electron chi connectivity index (χ1n) is 4.21. The first kappa shape index (κ1) is 9.56. The molecule has 0 radical (unpaired) electrons. The molecule has 1 aromatic rings. The summed E-state index contributed by atoms with van der Waals surface area (Å²) in [6, 6.07) is 3.62. The highest BCUT2D eigenvalue weighted by Gasteiger charge is 2.38. The van der Waals surface area contributed by atoms with Crippen LogP contribution in [0.15, 0.2) is 12.1 Å². The average molecular weight is 214 g/mol. The Kier molecular flexibility index (Phi) is 2.05. The van der Waals surface area contributed by atoms with Crippen LogP contribution in [-0.2, 0) is 9.09 Å². The molecule has 5 heteroatoms. The Hall–Kier alpha value is -0.990. The molecule has 0 amide bonds. The summed E-state index contributed by atoms with van der Waals surface area (Å²) in [6.07, 6.45) is 0. The normalized spacial score (nSPS) is 23.9. The third-order valence-corrected chi connectivity index (χ3v) is 3.55. The van der Waals surface area contributed by atoms with E-state index in [4.69, 9.17) is 9.05 Å². The van der Waals surface area contributed by atoms with Gasteiger partial charge in [-0.3, -0.25) is 4.52 Å². The van der Waals surface area contributed by atoms with Gasteiger partial charge in [0.2, 0.25) is 0 Å². The second-order valence-electron chi connectivity index (χ2n) is 3.15. The summed E-state index contributed by atoms with van der Waals surface area (Å²) in [4.78, 5) is 0. The number of aryl methyl sites for hydroxylation is 1. The van der Waals surface area contributed by atoms with Crippen LogP contribution in [0.5, 0.6) is 11.5 Å². The Morgan fingerprint density at radius 1 is 1.29 bits per heavy atom. The minimum absolute atomic E-state index is 0.485. The van der Waals surface area contributed by atoms with Crippen molar-refractivity contribution in [3.63, 3.8) is 0 Å². The fourth-order valence-corrected chi connectivity index (χ4v) is 2.30. The molecule has 2 rings (SSSR count). The van der Waals surface area contributed by atoms with Gasteiger partial charge in [0, 0.05) is 7.11 Å². The minimum atomic E-state index is -3.38. The standard InChI is InChI=1S/C9H11O4P/c1-6-4-5-8-9(7(6)2)13-14(10,11-3)12-8/h4-5H,1-3H3. The topological polar surface area (TPSA) is 44.8 Å². The van der Waals surface area contributed by atoms with Crippen LogP contribution in [0.2, 0.25) is 0 Å². The monoisotopic (exact) mass is 214 g/mol. The molecule has 0 fully saturated rings. The van der Waals surface area contributed by atoms with Crippen LogP contribution < -0.4 is 9.05 Å². The van der Waals surface area contributed by atoms with Crippen LogP contribution in [0.3, 0.4) is 0 Å². The Balaban J connectivity index is 2.50. The second kappa shape index (κ2) is 3.01. The molecule has 1 atom stereocenters. The first-order valence-corrected chi connectivity index (χ1v) is 5.67. The number of hydrogen-bond acceptors (Lipinski definition) is 4. The lowest BCUT2D eigenvalue weighted by atomic mass is 10.1. The molecule has 1 aliphatic heterocycles. The maximum atomic E-state index is 11.6. The van der Waals surface area contributed by atoms with E-state index >= 15 is 0 Å². The largest absolute Gasteiger partial charge is 0.587 e. The van der Waals surface area contributed by atoms with Crippen LogP contribution in [0, 0.1) is 13.8 Å². The average Bonchev–Trinajstić information content (AvgIpc) is 2.51. The summed E-state index contributed by atoms with van der Waals surface area (Å²) in [5.74, 6) is 1.01. The van der Waals surface area contributed by atoms with Gasteiger partial charge in [0.25, 0.3) is 0 Å². The van der Waals surface area contributed by atoms with Crippen LogP contribution in [0.4, 0.5) is 0 Å². The molecule has 0 N–H and O–H groups in total. The zero-order chi connectivity index (χ0) is 10.3. The lowest BCUT2D eigenvalue weighted by Gasteiger charge is -2.05. The quantitative estimate of drug-likeness (QED) is 0.674. The van der Waals surface area contributed by atoms with Crippen molar-refractivity contribution in [3.05, 3.63) is 23.3 Å². The first-order chi connectivity index (χ1) is 6.56. The van der Waals surface area contributed by atoms with E-state index in [-0.39, 0.29) is 0 Å². The Labute approximate surface area is 82.4 Å². The SMILES string of the molecule is COP1(=O)Oc2ccc(C)c(C)c2O1.